The summed E-state index contributed by atoms with van der Waals surface area (Å²) in [5.41, 5.74) is 1.01. The molecular formula is C9H11BF3KO. The molecule has 0 bridgehead atoms. The zero-order chi connectivity index (χ0) is 10.8. The number of hydrogen-bond donors (Lipinski definition) is 0. The number of rotatable bonds is 3. The van der Waals surface area contributed by atoms with Gasteiger partial charge in [0, 0.05) is 0 Å². The van der Waals surface area contributed by atoms with Crippen molar-refractivity contribution in [2.45, 2.75) is 13.2 Å². The van der Waals surface area contributed by atoms with Crippen LogP contribution in [0.3, 0.4) is 0 Å². The van der Waals surface area contributed by atoms with Gasteiger partial charge < -0.3 is 17.7 Å². The fourth-order valence-corrected chi connectivity index (χ4v) is 1.32. The number of methoxy groups -OCH3 is 1. The molecule has 6 heteroatoms. The Kier molecular flexibility index (Phi) is 6.51. The van der Waals surface area contributed by atoms with Crippen LogP contribution in [-0.2, 0) is 6.32 Å². The molecule has 0 atom stereocenters. The molecule has 0 unspecified atom stereocenters. The van der Waals surface area contributed by atoms with E-state index in [1.165, 1.54) is 13.2 Å². The van der Waals surface area contributed by atoms with Gasteiger partial charge in [0.25, 0.3) is 0 Å². The zero-order valence-electron chi connectivity index (χ0n) is 9.06. The summed E-state index contributed by atoms with van der Waals surface area (Å²) in [4.78, 5) is 0. The molecule has 0 fully saturated rings. The third-order valence-electron chi connectivity index (χ3n) is 1.89. The van der Waals surface area contributed by atoms with Crippen molar-refractivity contribution in [3.63, 3.8) is 0 Å². The summed E-state index contributed by atoms with van der Waals surface area (Å²) in [5.74, 6) is 0.301. The van der Waals surface area contributed by atoms with E-state index in [0.717, 1.165) is 5.56 Å². The Morgan fingerprint density at radius 3 is 2.33 bits per heavy atom. The van der Waals surface area contributed by atoms with Crippen LogP contribution < -0.4 is 56.1 Å². The second-order valence-corrected chi connectivity index (χ2v) is 3.23. The van der Waals surface area contributed by atoms with E-state index in [0.29, 0.717) is 5.75 Å². The minimum atomic E-state index is -4.80. The second-order valence-electron chi connectivity index (χ2n) is 3.23. The summed E-state index contributed by atoms with van der Waals surface area (Å²) < 4.78 is 41.4. The number of hydrogen-bond acceptors (Lipinski definition) is 1. The van der Waals surface area contributed by atoms with E-state index < -0.39 is 13.3 Å². The van der Waals surface area contributed by atoms with Gasteiger partial charge in [0.15, 0.2) is 0 Å². The van der Waals surface area contributed by atoms with Crippen molar-refractivity contribution in [2.24, 2.45) is 0 Å². The fraction of sp³-hybridized carbons (Fsp3) is 0.333. The molecule has 1 aromatic rings. The molecule has 0 aliphatic heterocycles. The quantitative estimate of drug-likeness (QED) is 0.674. The summed E-state index contributed by atoms with van der Waals surface area (Å²) in [6, 6.07) is 4.80. The van der Waals surface area contributed by atoms with Crippen LogP contribution in [0.2, 0.25) is 0 Å². The Morgan fingerprint density at radius 1 is 1.27 bits per heavy atom. The van der Waals surface area contributed by atoms with E-state index in [9.17, 15) is 12.9 Å². The van der Waals surface area contributed by atoms with Crippen molar-refractivity contribution in [3.8, 4) is 5.75 Å². The summed E-state index contributed by atoms with van der Waals surface area (Å²) in [6.07, 6.45) is -0.884. The van der Waals surface area contributed by atoms with E-state index in [-0.39, 0.29) is 56.9 Å². The van der Waals surface area contributed by atoms with Crippen LogP contribution in [0.1, 0.15) is 11.1 Å². The van der Waals surface area contributed by atoms with E-state index in [4.69, 9.17) is 4.74 Å². The van der Waals surface area contributed by atoms with Crippen molar-refractivity contribution in [1.82, 2.24) is 0 Å². The molecule has 1 aromatic carbocycles. The van der Waals surface area contributed by atoms with Gasteiger partial charge in [0.05, 0.1) is 7.11 Å². The van der Waals surface area contributed by atoms with Gasteiger partial charge in [-0.2, -0.15) is 0 Å². The van der Waals surface area contributed by atoms with E-state index in [2.05, 4.69) is 0 Å². The molecule has 1 rings (SSSR count). The summed E-state index contributed by atoms with van der Waals surface area (Å²) >= 11 is 0. The molecule has 0 spiro atoms. The van der Waals surface area contributed by atoms with Crippen LogP contribution in [-0.4, -0.2) is 14.1 Å². The third-order valence-corrected chi connectivity index (χ3v) is 1.89. The monoisotopic (exact) mass is 242 g/mol. The van der Waals surface area contributed by atoms with Gasteiger partial charge in [-0.3, -0.25) is 0 Å². The molecular weight excluding hydrogens is 231 g/mol. The van der Waals surface area contributed by atoms with Crippen LogP contribution in [0.25, 0.3) is 0 Å². The topological polar surface area (TPSA) is 9.23 Å². The van der Waals surface area contributed by atoms with Gasteiger partial charge in [-0.05, 0) is 18.6 Å². The zero-order valence-corrected chi connectivity index (χ0v) is 12.2. The number of ether oxygens (including phenoxy) is 1. The average molecular weight is 242 g/mol. The molecule has 0 aliphatic rings. The van der Waals surface area contributed by atoms with Crippen molar-refractivity contribution >= 4 is 6.98 Å². The molecule has 0 amide bonds. The molecule has 0 heterocycles. The molecule has 78 valence electrons. The molecule has 1 nitrogen and oxygen atoms in total. The third kappa shape index (κ3) is 5.40. The Labute approximate surface area is 130 Å². The Bertz CT molecular complexity index is 328. The number of aryl methyl sites for hydroxylation is 1. The fourth-order valence-electron chi connectivity index (χ4n) is 1.32. The van der Waals surface area contributed by atoms with Gasteiger partial charge in [-0.1, -0.05) is 24.0 Å². The molecule has 0 saturated carbocycles. The van der Waals surface area contributed by atoms with Crippen LogP contribution in [0.4, 0.5) is 12.9 Å². The normalized spacial score (nSPS) is 10.7. The van der Waals surface area contributed by atoms with Gasteiger partial charge in [0.2, 0.25) is 0 Å². The maximum Gasteiger partial charge on any atom is 1.00 e. The van der Waals surface area contributed by atoms with Crippen LogP contribution >= 0.6 is 0 Å². The number of halogens is 3. The van der Waals surface area contributed by atoms with Gasteiger partial charge in [-0.25, -0.2) is 0 Å². The summed E-state index contributed by atoms with van der Waals surface area (Å²) in [6.45, 7) is -3.05. The minimum absolute atomic E-state index is 0. The summed E-state index contributed by atoms with van der Waals surface area (Å²) in [5, 5.41) is 0. The molecule has 0 aromatic heterocycles. The average Bonchev–Trinajstić information content (AvgIpc) is 2.01. The van der Waals surface area contributed by atoms with Gasteiger partial charge >= 0.3 is 58.4 Å². The maximum atomic E-state index is 12.2. The largest absolute Gasteiger partial charge is 1.00 e. The first-order chi connectivity index (χ1) is 6.42. The Morgan fingerprint density at radius 2 is 1.87 bits per heavy atom. The van der Waals surface area contributed by atoms with Crippen LogP contribution in [0.5, 0.6) is 5.75 Å². The molecule has 0 saturated heterocycles. The molecule has 0 aliphatic carbocycles. The van der Waals surface area contributed by atoms with Gasteiger partial charge in [-0.15, -0.1) is 0 Å². The van der Waals surface area contributed by atoms with Crippen LogP contribution in [0.15, 0.2) is 18.2 Å². The molecule has 15 heavy (non-hydrogen) atoms. The number of benzene rings is 1. The first kappa shape index (κ1) is 15.5. The van der Waals surface area contributed by atoms with Crippen molar-refractivity contribution in [1.29, 1.82) is 0 Å². The second kappa shape index (κ2) is 6.30. The van der Waals surface area contributed by atoms with E-state index in [1.807, 2.05) is 0 Å². The molecule has 0 radical (unpaired) electrons. The van der Waals surface area contributed by atoms with Crippen molar-refractivity contribution < 1.29 is 69.1 Å². The Balaban J connectivity index is 0.00000196. The predicted molar refractivity (Wildman–Crippen MR) is 50.5 cm³/mol. The maximum absolute atomic E-state index is 12.2. The standard InChI is InChI=1S/C9H11BF3O.K/c1-7-3-4-9(14-2)8(5-7)6-10(11,12)13;/h3-5H,6H2,1-2H3;/q-1;+1. The van der Waals surface area contributed by atoms with Crippen molar-refractivity contribution in [3.05, 3.63) is 29.3 Å². The first-order valence-corrected chi connectivity index (χ1v) is 4.27. The smallest absolute Gasteiger partial charge is 0.497 e. The van der Waals surface area contributed by atoms with Crippen LogP contribution in [0, 0.1) is 6.92 Å². The predicted octanol–water partition coefficient (Wildman–Crippen LogP) is -0.0633. The van der Waals surface area contributed by atoms with E-state index in [1.54, 1.807) is 19.1 Å². The minimum Gasteiger partial charge on any atom is -0.497 e. The Hall–Kier alpha value is 0.511. The van der Waals surface area contributed by atoms with Crippen molar-refractivity contribution in [2.75, 3.05) is 7.11 Å². The summed E-state index contributed by atoms with van der Waals surface area (Å²) in [7, 11) is 1.37. The first-order valence-electron chi connectivity index (χ1n) is 4.27. The van der Waals surface area contributed by atoms with E-state index >= 15 is 0 Å². The SMILES string of the molecule is COc1ccc(C)cc1C[B-](F)(F)F.[K+]. The van der Waals surface area contributed by atoms with Gasteiger partial charge in [0.1, 0.15) is 5.75 Å². The molecule has 0 N–H and O–H groups in total.